The molecule has 1 aromatic carbocycles. The standard InChI is InChI=1S/C14H15FN2O3S/c1-14(18,11-4-6-12(15)7-5-11)10-17-21(19,20)13-3-2-8-16-9-13/h2-9,17-18H,10H2,1H3. The van der Waals surface area contributed by atoms with Gasteiger partial charge >= 0.3 is 0 Å². The van der Waals surface area contributed by atoms with Crippen molar-refractivity contribution >= 4 is 10.0 Å². The second-order valence-corrected chi connectivity index (χ2v) is 6.56. The number of benzene rings is 1. The molecule has 0 bridgehead atoms. The minimum atomic E-state index is -3.76. The van der Waals surface area contributed by atoms with Crippen LogP contribution < -0.4 is 4.72 Å². The van der Waals surface area contributed by atoms with Crippen molar-refractivity contribution in [2.45, 2.75) is 17.4 Å². The molecule has 0 saturated heterocycles. The van der Waals surface area contributed by atoms with Crippen LogP contribution in [0.2, 0.25) is 0 Å². The second kappa shape index (κ2) is 5.88. The predicted molar refractivity (Wildman–Crippen MR) is 75.4 cm³/mol. The fourth-order valence-corrected chi connectivity index (χ4v) is 2.83. The van der Waals surface area contributed by atoms with E-state index in [1.54, 1.807) is 0 Å². The Morgan fingerprint density at radius 2 is 1.95 bits per heavy atom. The first-order valence-corrected chi connectivity index (χ1v) is 7.68. The molecule has 0 saturated carbocycles. The van der Waals surface area contributed by atoms with Gasteiger partial charge in [-0.15, -0.1) is 0 Å². The van der Waals surface area contributed by atoms with Crippen LogP contribution in [0.5, 0.6) is 0 Å². The Hall–Kier alpha value is -1.83. The molecule has 2 aromatic rings. The van der Waals surface area contributed by atoms with Crippen molar-refractivity contribution in [2.75, 3.05) is 6.54 Å². The summed E-state index contributed by atoms with van der Waals surface area (Å²) < 4.78 is 39.3. The molecule has 0 spiro atoms. The highest BCUT2D eigenvalue weighted by molar-refractivity contribution is 7.89. The zero-order valence-corrected chi connectivity index (χ0v) is 12.1. The highest BCUT2D eigenvalue weighted by Crippen LogP contribution is 2.20. The number of aromatic nitrogens is 1. The Bertz CT molecular complexity index is 701. The molecular weight excluding hydrogens is 295 g/mol. The number of halogens is 1. The van der Waals surface area contributed by atoms with Gasteiger partial charge in [-0.3, -0.25) is 4.98 Å². The van der Waals surface area contributed by atoms with Gasteiger partial charge in [0.25, 0.3) is 0 Å². The zero-order chi connectivity index (χ0) is 15.5. The first-order valence-electron chi connectivity index (χ1n) is 6.19. The molecule has 0 fully saturated rings. The largest absolute Gasteiger partial charge is 0.384 e. The van der Waals surface area contributed by atoms with Gasteiger partial charge in [-0.1, -0.05) is 12.1 Å². The molecule has 1 unspecified atom stereocenters. The molecule has 112 valence electrons. The SMILES string of the molecule is CC(O)(CNS(=O)(=O)c1cccnc1)c1ccc(F)cc1. The molecule has 0 amide bonds. The van der Waals surface area contributed by atoms with Gasteiger partial charge in [0.05, 0.1) is 0 Å². The van der Waals surface area contributed by atoms with Gasteiger partial charge in [-0.2, -0.15) is 0 Å². The summed E-state index contributed by atoms with van der Waals surface area (Å²) in [5, 5.41) is 10.3. The number of hydrogen-bond donors (Lipinski definition) is 2. The fraction of sp³-hybridized carbons (Fsp3) is 0.214. The molecule has 2 rings (SSSR count). The van der Waals surface area contributed by atoms with Gasteiger partial charge in [-0.25, -0.2) is 17.5 Å². The zero-order valence-electron chi connectivity index (χ0n) is 11.3. The lowest BCUT2D eigenvalue weighted by atomic mass is 9.96. The smallest absolute Gasteiger partial charge is 0.242 e. The minimum Gasteiger partial charge on any atom is -0.384 e. The molecule has 1 aromatic heterocycles. The van der Waals surface area contributed by atoms with E-state index < -0.39 is 21.4 Å². The number of aliphatic hydroxyl groups is 1. The molecule has 2 N–H and O–H groups in total. The highest BCUT2D eigenvalue weighted by atomic mass is 32.2. The number of rotatable bonds is 5. The molecular formula is C14H15FN2O3S. The van der Waals surface area contributed by atoms with Gasteiger partial charge < -0.3 is 5.11 Å². The molecule has 21 heavy (non-hydrogen) atoms. The van der Waals surface area contributed by atoms with E-state index in [0.29, 0.717) is 5.56 Å². The minimum absolute atomic E-state index is 0.0138. The maximum Gasteiger partial charge on any atom is 0.242 e. The summed E-state index contributed by atoms with van der Waals surface area (Å²) in [6.07, 6.45) is 2.68. The summed E-state index contributed by atoms with van der Waals surface area (Å²) in [7, 11) is -3.76. The van der Waals surface area contributed by atoms with Crippen LogP contribution >= 0.6 is 0 Å². The summed E-state index contributed by atoms with van der Waals surface area (Å²) in [4.78, 5) is 3.75. The van der Waals surface area contributed by atoms with Gasteiger partial charge in [0.1, 0.15) is 16.3 Å². The van der Waals surface area contributed by atoms with E-state index in [0.717, 1.165) is 0 Å². The number of pyridine rings is 1. The Kier molecular flexibility index (Phi) is 4.36. The van der Waals surface area contributed by atoms with E-state index in [9.17, 15) is 17.9 Å². The number of hydrogen-bond acceptors (Lipinski definition) is 4. The maximum absolute atomic E-state index is 12.9. The predicted octanol–water partition coefficient (Wildman–Crippen LogP) is 1.41. The lowest BCUT2D eigenvalue weighted by Crippen LogP contribution is -2.38. The van der Waals surface area contributed by atoms with Gasteiger partial charge in [0, 0.05) is 18.9 Å². The summed E-state index contributed by atoms with van der Waals surface area (Å²) in [5.41, 5.74) is -1.04. The topological polar surface area (TPSA) is 79.3 Å². The fourth-order valence-electron chi connectivity index (χ4n) is 1.74. The van der Waals surface area contributed by atoms with E-state index >= 15 is 0 Å². The molecule has 0 radical (unpaired) electrons. The lowest BCUT2D eigenvalue weighted by Gasteiger charge is -2.24. The quantitative estimate of drug-likeness (QED) is 0.875. The van der Waals surface area contributed by atoms with Crippen LogP contribution in [0.1, 0.15) is 12.5 Å². The molecule has 0 aliphatic rings. The summed E-state index contributed by atoms with van der Waals surface area (Å²) in [5.74, 6) is -0.425. The van der Waals surface area contributed by atoms with Crippen molar-refractivity contribution in [1.82, 2.24) is 9.71 Å². The first kappa shape index (κ1) is 15.6. The van der Waals surface area contributed by atoms with Crippen molar-refractivity contribution in [1.29, 1.82) is 0 Å². The van der Waals surface area contributed by atoms with Crippen LogP contribution in [0.3, 0.4) is 0 Å². The molecule has 7 heteroatoms. The van der Waals surface area contributed by atoms with Crippen LogP contribution in [0, 0.1) is 5.82 Å². The molecule has 0 aliphatic heterocycles. The van der Waals surface area contributed by atoms with Crippen molar-refractivity contribution in [3.8, 4) is 0 Å². The molecule has 5 nitrogen and oxygen atoms in total. The van der Waals surface area contributed by atoms with E-state index in [4.69, 9.17) is 0 Å². The van der Waals surface area contributed by atoms with Crippen molar-refractivity contribution in [3.63, 3.8) is 0 Å². The van der Waals surface area contributed by atoms with Crippen LogP contribution in [0.25, 0.3) is 0 Å². The third kappa shape index (κ3) is 3.84. The number of nitrogens with one attached hydrogen (secondary N) is 1. The Labute approximate surface area is 122 Å². The summed E-state index contributed by atoms with van der Waals surface area (Å²) in [6.45, 7) is 1.21. The Balaban J connectivity index is 2.13. The van der Waals surface area contributed by atoms with Crippen LogP contribution in [0.4, 0.5) is 4.39 Å². The van der Waals surface area contributed by atoms with Crippen LogP contribution in [-0.2, 0) is 15.6 Å². The summed E-state index contributed by atoms with van der Waals surface area (Å²) >= 11 is 0. The van der Waals surface area contributed by atoms with Gasteiger partial charge in [0.15, 0.2) is 0 Å². The average Bonchev–Trinajstić information content (AvgIpc) is 2.47. The Morgan fingerprint density at radius 3 is 2.52 bits per heavy atom. The normalized spacial score (nSPS) is 14.6. The van der Waals surface area contributed by atoms with Crippen LogP contribution in [-0.4, -0.2) is 25.1 Å². The average molecular weight is 310 g/mol. The van der Waals surface area contributed by atoms with Gasteiger partial charge in [0.2, 0.25) is 10.0 Å². The van der Waals surface area contributed by atoms with Gasteiger partial charge in [-0.05, 0) is 36.8 Å². The lowest BCUT2D eigenvalue weighted by molar-refractivity contribution is 0.0627. The van der Waals surface area contributed by atoms with E-state index in [-0.39, 0.29) is 11.4 Å². The third-order valence-electron chi connectivity index (χ3n) is 3.02. The number of sulfonamides is 1. The first-order chi connectivity index (χ1) is 9.81. The van der Waals surface area contributed by atoms with E-state index in [1.807, 2.05) is 0 Å². The monoisotopic (exact) mass is 310 g/mol. The van der Waals surface area contributed by atoms with Crippen molar-refractivity contribution < 1.29 is 17.9 Å². The maximum atomic E-state index is 12.9. The van der Waals surface area contributed by atoms with E-state index in [2.05, 4.69) is 9.71 Å². The molecule has 1 atom stereocenters. The Morgan fingerprint density at radius 1 is 1.29 bits per heavy atom. The van der Waals surface area contributed by atoms with Crippen molar-refractivity contribution in [3.05, 3.63) is 60.2 Å². The van der Waals surface area contributed by atoms with Crippen molar-refractivity contribution in [2.24, 2.45) is 0 Å². The second-order valence-electron chi connectivity index (χ2n) is 4.79. The molecule has 1 heterocycles. The summed E-state index contributed by atoms with van der Waals surface area (Å²) in [6, 6.07) is 8.15. The number of nitrogens with zero attached hydrogens (tertiary/aromatic N) is 1. The highest BCUT2D eigenvalue weighted by Gasteiger charge is 2.26. The van der Waals surface area contributed by atoms with E-state index in [1.165, 1.54) is 55.7 Å². The molecule has 0 aliphatic carbocycles. The van der Waals surface area contributed by atoms with Crippen LogP contribution in [0.15, 0.2) is 53.7 Å². The third-order valence-corrected chi connectivity index (χ3v) is 4.40.